The quantitative estimate of drug-likeness (QED) is 0.0766. The minimum atomic E-state index is -1.20. The molecule has 4 rings (SSSR count). The van der Waals surface area contributed by atoms with Gasteiger partial charge >= 0.3 is 17.9 Å². The number of phenolic OH excluding ortho intramolecular Hbond substituents is 1. The normalized spacial score (nSPS) is 15.3. The number of esters is 3. The maximum atomic E-state index is 13.6. The number of hydrogen-bond donors (Lipinski definition) is 3. The Hall–Kier alpha value is -6.38. The van der Waals surface area contributed by atoms with E-state index in [4.69, 9.17) is 14.2 Å². The summed E-state index contributed by atoms with van der Waals surface area (Å²) in [6.07, 6.45) is 0. The van der Waals surface area contributed by atoms with Crippen LogP contribution in [0.4, 0.5) is 11.4 Å². The minimum Gasteiger partial charge on any atom is -0.507 e. The second-order valence-electron chi connectivity index (χ2n) is 11.0. The first-order chi connectivity index (χ1) is 23.9. The summed E-state index contributed by atoms with van der Waals surface area (Å²) in [5.41, 5.74) is 1.14. The molecule has 3 aromatic carbocycles. The van der Waals surface area contributed by atoms with Crippen LogP contribution >= 0.6 is 0 Å². The molecule has 1 unspecified atom stereocenters. The summed E-state index contributed by atoms with van der Waals surface area (Å²) in [6, 6.07) is 17.4. The van der Waals surface area contributed by atoms with Gasteiger partial charge in [-0.2, -0.15) is 0 Å². The number of aliphatic imine (C=N–C) groups is 1. The predicted molar refractivity (Wildman–Crippen MR) is 179 cm³/mol. The van der Waals surface area contributed by atoms with Gasteiger partial charge in [0.25, 0.3) is 11.6 Å². The van der Waals surface area contributed by atoms with E-state index in [0.717, 1.165) is 0 Å². The first-order valence-corrected chi connectivity index (χ1v) is 15.3. The number of anilines is 1. The molecule has 0 radical (unpaired) electrons. The number of phenols is 1. The summed E-state index contributed by atoms with van der Waals surface area (Å²) in [6.45, 7) is 3.39. The van der Waals surface area contributed by atoms with Crippen LogP contribution in [0, 0.1) is 16.0 Å². The number of non-ortho nitro benzene ring substituents is 1. The second kappa shape index (κ2) is 16.6. The van der Waals surface area contributed by atoms with E-state index in [9.17, 15) is 39.2 Å². The van der Waals surface area contributed by atoms with E-state index in [0.29, 0.717) is 5.69 Å². The highest BCUT2D eigenvalue weighted by Gasteiger charge is 2.43. The molecule has 50 heavy (non-hydrogen) atoms. The van der Waals surface area contributed by atoms with Gasteiger partial charge in [-0.3, -0.25) is 29.5 Å². The van der Waals surface area contributed by atoms with Gasteiger partial charge in [-0.15, -0.1) is 0 Å². The van der Waals surface area contributed by atoms with Crippen molar-refractivity contribution in [3.05, 3.63) is 111 Å². The number of amides is 2. The predicted octanol–water partition coefficient (Wildman–Crippen LogP) is 4.08. The molecule has 15 nitrogen and oxygen atoms in total. The number of hydrogen-bond acceptors (Lipinski definition) is 12. The first kappa shape index (κ1) is 36.5. The maximum Gasteiger partial charge on any atom is 0.338 e. The van der Waals surface area contributed by atoms with Crippen LogP contribution in [0.25, 0.3) is 0 Å². The van der Waals surface area contributed by atoms with Gasteiger partial charge in [0.15, 0.2) is 0 Å². The summed E-state index contributed by atoms with van der Waals surface area (Å²) in [5, 5.41) is 26.6. The third kappa shape index (κ3) is 9.15. The van der Waals surface area contributed by atoms with Crippen molar-refractivity contribution < 1.29 is 48.2 Å². The molecule has 0 saturated carbocycles. The van der Waals surface area contributed by atoms with E-state index < -0.39 is 40.6 Å². The van der Waals surface area contributed by atoms with Crippen molar-refractivity contribution in [3.8, 4) is 5.75 Å². The molecule has 15 heteroatoms. The van der Waals surface area contributed by atoms with Crippen LogP contribution in [0.3, 0.4) is 0 Å². The zero-order chi connectivity index (χ0) is 36.4. The number of allylic oxidation sites excluding steroid dienone is 1. The van der Waals surface area contributed by atoms with Gasteiger partial charge in [0.1, 0.15) is 31.5 Å². The average Bonchev–Trinajstić information content (AvgIpc) is 3.08. The lowest BCUT2D eigenvalue weighted by molar-refractivity contribution is -0.384. The number of nitro benzene ring substituents is 1. The van der Waals surface area contributed by atoms with Crippen LogP contribution in [0.1, 0.15) is 53.0 Å². The molecule has 1 heterocycles. The van der Waals surface area contributed by atoms with Gasteiger partial charge in [-0.25, -0.2) is 9.59 Å². The number of para-hydroxylation sites is 1. The van der Waals surface area contributed by atoms with Crippen molar-refractivity contribution in [1.82, 2.24) is 5.32 Å². The number of nitrogens with zero attached hydrogens (tertiary/aromatic N) is 2. The fourth-order valence-electron chi connectivity index (χ4n) is 5.29. The first-order valence-electron chi connectivity index (χ1n) is 15.3. The zero-order valence-corrected chi connectivity index (χ0v) is 27.3. The summed E-state index contributed by atoms with van der Waals surface area (Å²) in [4.78, 5) is 78.6. The number of rotatable bonds is 13. The van der Waals surface area contributed by atoms with Crippen LogP contribution in [-0.4, -0.2) is 71.8 Å². The van der Waals surface area contributed by atoms with Crippen molar-refractivity contribution in [2.75, 3.05) is 31.7 Å². The number of nitro groups is 1. The molecule has 2 atom stereocenters. The highest BCUT2D eigenvalue weighted by atomic mass is 16.6. The van der Waals surface area contributed by atoms with Crippen molar-refractivity contribution in [1.29, 1.82) is 0 Å². The van der Waals surface area contributed by atoms with E-state index in [1.165, 1.54) is 74.5 Å². The Balaban J connectivity index is 1.46. The molecule has 0 saturated heterocycles. The number of benzene rings is 3. The van der Waals surface area contributed by atoms with Gasteiger partial charge in [0, 0.05) is 42.1 Å². The van der Waals surface area contributed by atoms with Crippen molar-refractivity contribution in [3.63, 3.8) is 0 Å². The summed E-state index contributed by atoms with van der Waals surface area (Å²) in [5.74, 6) is -5.77. The van der Waals surface area contributed by atoms with Gasteiger partial charge < -0.3 is 30.0 Å². The minimum absolute atomic E-state index is 0.0377. The Morgan fingerprint density at radius 2 is 1.56 bits per heavy atom. The van der Waals surface area contributed by atoms with Gasteiger partial charge in [0.2, 0.25) is 5.91 Å². The number of carbonyl (C=O) groups excluding carboxylic acids is 5. The van der Waals surface area contributed by atoms with Gasteiger partial charge in [0.05, 0.1) is 28.2 Å². The van der Waals surface area contributed by atoms with Crippen molar-refractivity contribution >= 4 is 46.8 Å². The number of ether oxygens (including phenoxy) is 3. The largest absolute Gasteiger partial charge is 0.507 e. The van der Waals surface area contributed by atoms with Crippen molar-refractivity contribution in [2.45, 2.75) is 26.7 Å². The maximum absolute atomic E-state index is 13.6. The van der Waals surface area contributed by atoms with Gasteiger partial charge in [-0.05, 0) is 55.8 Å². The number of aromatic hydroxyl groups is 1. The molecular formula is C35H34N4O11. The monoisotopic (exact) mass is 686 g/mol. The smallest absolute Gasteiger partial charge is 0.338 e. The highest BCUT2D eigenvalue weighted by Crippen LogP contribution is 2.41. The molecule has 0 bridgehead atoms. The van der Waals surface area contributed by atoms with E-state index in [1.807, 2.05) is 0 Å². The van der Waals surface area contributed by atoms with E-state index in [1.54, 1.807) is 19.1 Å². The summed E-state index contributed by atoms with van der Waals surface area (Å²) < 4.78 is 16.1. The molecule has 2 amide bonds. The third-order valence-corrected chi connectivity index (χ3v) is 7.51. The van der Waals surface area contributed by atoms with Crippen LogP contribution in [0.2, 0.25) is 0 Å². The third-order valence-electron chi connectivity index (χ3n) is 7.51. The standard InChI is InChI=1S/C35H34N4O11/c1-20-29(34(44)48-16-15-36-32(42)27-9-4-5-10-28(27)41)31(24-7-6-8-26(19-24)39(46)47)30(21(2)37-20)35(45)50-18-17-49-33(43)23-11-13-25(14-12-23)38-22(3)40/h4-14,19,29,31,41H,15-18H2,1-3H3,(H,36,42)(H,38,40)/t29?,31-/m1/s1. The van der Waals surface area contributed by atoms with Crippen LogP contribution in [0.15, 0.2) is 89.1 Å². The molecule has 3 aromatic rings. The van der Waals surface area contributed by atoms with Crippen LogP contribution < -0.4 is 10.6 Å². The van der Waals surface area contributed by atoms with E-state index in [2.05, 4.69) is 15.6 Å². The Morgan fingerprint density at radius 3 is 2.22 bits per heavy atom. The second-order valence-corrected chi connectivity index (χ2v) is 11.0. The lowest BCUT2D eigenvalue weighted by Crippen LogP contribution is -2.38. The topological polar surface area (TPSA) is 213 Å². The highest BCUT2D eigenvalue weighted by molar-refractivity contribution is 6.07. The number of carbonyl (C=O) groups is 5. The molecule has 260 valence electrons. The van der Waals surface area contributed by atoms with Crippen LogP contribution in [0.5, 0.6) is 5.75 Å². The molecule has 0 aliphatic carbocycles. The van der Waals surface area contributed by atoms with Crippen molar-refractivity contribution in [2.24, 2.45) is 10.9 Å². The van der Waals surface area contributed by atoms with E-state index in [-0.39, 0.29) is 77.4 Å². The Morgan fingerprint density at radius 1 is 0.880 bits per heavy atom. The average molecular weight is 687 g/mol. The lowest BCUT2D eigenvalue weighted by Gasteiger charge is -2.31. The molecule has 1 aliphatic rings. The molecule has 0 spiro atoms. The fourth-order valence-corrected chi connectivity index (χ4v) is 5.29. The fraction of sp³-hybridized carbons (Fsp3) is 0.257. The summed E-state index contributed by atoms with van der Waals surface area (Å²) >= 11 is 0. The zero-order valence-electron chi connectivity index (χ0n) is 27.3. The van der Waals surface area contributed by atoms with Gasteiger partial charge in [-0.1, -0.05) is 24.3 Å². The van der Waals surface area contributed by atoms with E-state index >= 15 is 0 Å². The molecular weight excluding hydrogens is 652 g/mol. The Kier molecular flexibility index (Phi) is 12.1. The number of nitrogens with one attached hydrogen (secondary N) is 2. The molecule has 0 fully saturated rings. The lowest BCUT2D eigenvalue weighted by atomic mass is 9.75. The molecule has 0 aromatic heterocycles. The Labute approximate surface area is 286 Å². The molecule has 3 N–H and O–H groups in total. The summed E-state index contributed by atoms with van der Waals surface area (Å²) in [7, 11) is 0. The molecule has 1 aliphatic heterocycles. The Bertz CT molecular complexity index is 1870. The SMILES string of the molecule is CC(=O)Nc1ccc(C(=O)OCCOC(=O)C2=C(C)N=C(C)C(C(=O)OCCNC(=O)c3ccccc3O)[C@H]2c2cccc([N+](=O)[O-])c2)cc1. The van der Waals surface area contributed by atoms with Crippen LogP contribution in [-0.2, 0) is 28.6 Å².